The van der Waals surface area contributed by atoms with Gasteiger partial charge in [0.05, 0.1) is 12.1 Å². The molecule has 0 saturated carbocycles. The molecule has 166 valence electrons. The molecule has 0 spiro atoms. The molecule has 2 saturated heterocycles. The van der Waals surface area contributed by atoms with Gasteiger partial charge in [-0.25, -0.2) is 0 Å². The number of carbonyl (C=O) groups is 1. The molecule has 30 heavy (non-hydrogen) atoms. The van der Waals surface area contributed by atoms with E-state index in [1.165, 1.54) is 0 Å². The van der Waals surface area contributed by atoms with Crippen LogP contribution in [0.5, 0.6) is 5.75 Å². The van der Waals surface area contributed by atoms with Gasteiger partial charge in [-0.1, -0.05) is 12.5 Å². The molecule has 0 aromatic heterocycles. The van der Waals surface area contributed by atoms with Crippen molar-refractivity contribution in [3.05, 3.63) is 29.8 Å². The molecular formula is C24H36N2O4. The second-order valence-electron chi connectivity index (χ2n) is 8.73. The van der Waals surface area contributed by atoms with E-state index in [9.17, 15) is 4.79 Å². The van der Waals surface area contributed by atoms with Crippen LogP contribution < -0.4 is 4.74 Å². The first-order valence-corrected chi connectivity index (χ1v) is 11.6. The zero-order valence-corrected chi connectivity index (χ0v) is 18.3. The first-order chi connectivity index (χ1) is 14.8. The van der Waals surface area contributed by atoms with E-state index < -0.39 is 0 Å². The summed E-state index contributed by atoms with van der Waals surface area (Å²) in [6.45, 7) is 5.17. The van der Waals surface area contributed by atoms with Crippen LogP contribution in [0, 0.1) is 0 Å². The fourth-order valence-electron chi connectivity index (χ4n) is 5.25. The summed E-state index contributed by atoms with van der Waals surface area (Å²) >= 11 is 0. The number of piperidine rings is 1. The van der Waals surface area contributed by atoms with Gasteiger partial charge in [-0.2, -0.15) is 0 Å². The van der Waals surface area contributed by atoms with Crippen molar-refractivity contribution in [2.75, 3.05) is 46.6 Å². The standard InChI is InChI=1S/C24H36N2O4/c1-28-23-9-5-13-26-22(23)8-2-3-12-25(20-10-15-29-16-11-20)14-17-30-21-7-4-6-19(18-21)24(26)27/h4,6-7,18,20,22-23H,2-3,5,8-17H2,1H3/t22-,23-/m1/s1. The Hall–Kier alpha value is -1.63. The lowest BCUT2D eigenvalue weighted by Gasteiger charge is -2.41. The van der Waals surface area contributed by atoms with Crippen molar-refractivity contribution in [1.29, 1.82) is 0 Å². The van der Waals surface area contributed by atoms with E-state index >= 15 is 0 Å². The first kappa shape index (κ1) is 21.6. The van der Waals surface area contributed by atoms with Gasteiger partial charge in [-0.15, -0.1) is 0 Å². The summed E-state index contributed by atoms with van der Waals surface area (Å²) in [7, 11) is 1.78. The fourth-order valence-corrected chi connectivity index (χ4v) is 5.25. The summed E-state index contributed by atoms with van der Waals surface area (Å²) in [4.78, 5) is 18.0. The highest BCUT2D eigenvalue weighted by atomic mass is 16.5. The lowest BCUT2D eigenvalue weighted by molar-refractivity contribution is -0.0160. The van der Waals surface area contributed by atoms with Crippen molar-refractivity contribution in [2.45, 2.75) is 63.1 Å². The second kappa shape index (κ2) is 10.6. The Labute approximate surface area is 180 Å². The third-order valence-electron chi connectivity index (χ3n) is 6.91. The van der Waals surface area contributed by atoms with Crippen LogP contribution in [-0.2, 0) is 9.47 Å². The Morgan fingerprint density at radius 1 is 0.967 bits per heavy atom. The maximum atomic E-state index is 13.3. The molecule has 6 nitrogen and oxygen atoms in total. The molecule has 3 aliphatic rings. The van der Waals surface area contributed by atoms with Crippen molar-refractivity contribution in [2.24, 2.45) is 0 Å². The average molecular weight is 417 g/mol. The lowest BCUT2D eigenvalue weighted by atomic mass is 9.93. The molecule has 3 aliphatic heterocycles. The van der Waals surface area contributed by atoms with Crippen LogP contribution in [-0.4, -0.2) is 80.5 Å². The summed E-state index contributed by atoms with van der Waals surface area (Å²) in [6.07, 6.45) is 7.60. The smallest absolute Gasteiger partial charge is 0.254 e. The molecular weight excluding hydrogens is 380 g/mol. The molecule has 2 fully saturated rings. The Bertz CT molecular complexity index is 692. The van der Waals surface area contributed by atoms with E-state index in [0.717, 1.165) is 83.5 Å². The Morgan fingerprint density at radius 2 is 1.83 bits per heavy atom. The number of nitrogens with zero attached hydrogens (tertiary/aromatic N) is 2. The van der Waals surface area contributed by atoms with E-state index in [-0.39, 0.29) is 18.1 Å². The van der Waals surface area contributed by atoms with Gasteiger partial charge in [0.1, 0.15) is 12.4 Å². The Kier molecular flexibility index (Phi) is 7.63. The zero-order chi connectivity index (χ0) is 20.8. The van der Waals surface area contributed by atoms with Crippen LogP contribution in [0.2, 0.25) is 0 Å². The predicted molar refractivity (Wildman–Crippen MR) is 116 cm³/mol. The largest absolute Gasteiger partial charge is 0.492 e. The quantitative estimate of drug-likeness (QED) is 0.740. The zero-order valence-electron chi connectivity index (χ0n) is 18.3. The number of fused-ring (bicyclic) bond motifs is 3. The minimum absolute atomic E-state index is 0.105. The monoisotopic (exact) mass is 416 g/mol. The van der Waals surface area contributed by atoms with Crippen LogP contribution in [0.1, 0.15) is 55.3 Å². The van der Waals surface area contributed by atoms with Gasteiger partial charge in [0.15, 0.2) is 0 Å². The molecule has 3 heterocycles. The van der Waals surface area contributed by atoms with Crippen LogP contribution in [0.25, 0.3) is 0 Å². The highest BCUT2D eigenvalue weighted by molar-refractivity contribution is 5.95. The molecule has 6 heteroatoms. The number of benzene rings is 1. The summed E-state index contributed by atoms with van der Waals surface area (Å²) in [5, 5.41) is 0. The van der Waals surface area contributed by atoms with Gasteiger partial charge in [0.25, 0.3) is 5.91 Å². The van der Waals surface area contributed by atoms with Crippen LogP contribution >= 0.6 is 0 Å². The molecule has 0 aliphatic carbocycles. The van der Waals surface area contributed by atoms with Crippen molar-refractivity contribution in [3.8, 4) is 5.75 Å². The number of carbonyl (C=O) groups excluding carboxylic acids is 1. The molecule has 2 bridgehead atoms. The molecule has 0 radical (unpaired) electrons. The Morgan fingerprint density at radius 3 is 2.67 bits per heavy atom. The number of ether oxygens (including phenoxy) is 3. The highest BCUT2D eigenvalue weighted by Crippen LogP contribution is 2.27. The van der Waals surface area contributed by atoms with Gasteiger partial charge >= 0.3 is 0 Å². The summed E-state index contributed by atoms with van der Waals surface area (Å²) in [5.41, 5.74) is 0.715. The van der Waals surface area contributed by atoms with Crippen LogP contribution in [0.4, 0.5) is 0 Å². The van der Waals surface area contributed by atoms with Gasteiger partial charge in [-0.3, -0.25) is 9.69 Å². The minimum Gasteiger partial charge on any atom is -0.492 e. The van der Waals surface area contributed by atoms with E-state index in [1.807, 2.05) is 24.3 Å². The van der Waals surface area contributed by atoms with Gasteiger partial charge in [-0.05, 0) is 63.3 Å². The van der Waals surface area contributed by atoms with E-state index in [2.05, 4.69) is 9.80 Å². The number of hydrogen-bond acceptors (Lipinski definition) is 5. The molecule has 0 unspecified atom stereocenters. The summed E-state index contributed by atoms with van der Waals surface area (Å²) in [6, 6.07) is 8.43. The molecule has 1 aromatic carbocycles. The van der Waals surface area contributed by atoms with E-state index in [4.69, 9.17) is 14.2 Å². The topological polar surface area (TPSA) is 51.2 Å². The van der Waals surface area contributed by atoms with E-state index in [0.29, 0.717) is 18.2 Å². The fraction of sp³-hybridized carbons (Fsp3) is 0.708. The summed E-state index contributed by atoms with van der Waals surface area (Å²) < 4.78 is 17.4. The number of hydrogen-bond donors (Lipinski definition) is 0. The third-order valence-corrected chi connectivity index (χ3v) is 6.91. The number of rotatable bonds is 2. The first-order valence-electron chi connectivity index (χ1n) is 11.6. The molecule has 4 rings (SSSR count). The second-order valence-corrected chi connectivity index (χ2v) is 8.73. The van der Waals surface area contributed by atoms with Crippen molar-refractivity contribution in [1.82, 2.24) is 9.80 Å². The number of methoxy groups -OCH3 is 1. The van der Waals surface area contributed by atoms with Crippen molar-refractivity contribution >= 4 is 5.91 Å². The van der Waals surface area contributed by atoms with Gasteiger partial charge in [0.2, 0.25) is 0 Å². The highest BCUT2D eigenvalue weighted by Gasteiger charge is 2.34. The third kappa shape index (κ3) is 5.16. The molecule has 1 amide bonds. The molecule has 2 atom stereocenters. The van der Waals surface area contributed by atoms with E-state index in [1.54, 1.807) is 7.11 Å². The number of amides is 1. The van der Waals surface area contributed by atoms with Crippen molar-refractivity contribution < 1.29 is 19.0 Å². The maximum Gasteiger partial charge on any atom is 0.254 e. The SMILES string of the molecule is CO[C@@H]1CCCN2C(=O)c3cccc(c3)OCCN(C3CCOCC3)CCCC[C@H]12. The normalized spacial score (nSPS) is 27.8. The minimum atomic E-state index is 0.105. The van der Waals surface area contributed by atoms with Crippen LogP contribution in [0.15, 0.2) is 24.3 Å². The van der Waals surface area contributed by atoms with Gasteiger partial charge < -0.3 is 19.1 Å². The molecule has 0 N–H and O–H groups in total. The van der Waals surface area contributed by atoms with Crippen LogP contribution in [0.3, 0.4) is 0 Å². The Balaban J connectivity index is 1.54. The van der Waals surface area contributed by atoms with Crippen molar-refractivity contribution in [3.63, 3.8) is 0 Å². The van der Waals surface area contributed by atoms with Gasteiger partial charge in [0, 0.05) is 45.0 Å². The molecule has 1 aromatic rings. The summed E-state index contributed by atoms with van der Waals surface area (Å²) in [5.74, 6) is 0.884. The predicted octanol–water partition coefficient (Wildman–Crippen LogP) is 3.35. The maximum absolute atomic E-state index is 13.3. The average Bonchev–Trinajstić information content (AvgIpc) is 2.80. The lowest BCUT2D eigenvalue weighted by Crippen LogP contribution is -2.51.